The predicted octanol–water partition coefficient (Wildman–Crippen LogP) is 2.23. The second kappa shape index (κ2) is 6.58. The molecule has 1 N–H and O–H groups in total. The van der Waals surface area contributed by atoms with Gasteiger partial charge in [-0.25, -0.2) is 4.98 Å². The molecule has 0 bridgehead atoms. The molecule has 1 atom stereocenters. The summed E-state index contributed by atoms with van der Waals surface area (Å²) in [4.78, 5) is 18.2. The fourth-order valence-electron chi connectivity index (χ4n) is 2.33. The molecule has 21 heavy (non-hydrogen) atoms. The normalized spacial score (nSPS) is 17.7. The zero-order valence-corrected chi connectivity index (χ0v) is 12.4. The molecule has 1 aromatic carbocycles. The lowest BCUT2D eigenvalue weighted by molar-refractivity contribution is -0.132. The van der Waals surface area contributed by atoms with Crippen molar-refractivity contribution in [3.05, 3.63) is 41.9 Å². The van der Waals surface area contributed by atoms with E-state index in [0.717, 1.165) is 23.8 Å². The number of likely N-dealkylation sites (tertiary alicyclic amines) is 1. The predicted molar refractivity (Wildman–Crippen MR) is 82.7 cm³/mol. The van der Waals surface area contributed by atoms with Gasteiger partial charge < -0.3 is 15.0 Å². The highest BCUT2D eigenvalue weighted by Crippen LogP contribution is 2.18. The van der Waals surface area contributed by atoms with Crippen molar-refractivity contribution in [3.63, 3.8) is 0 Å². The number of rotatable bonds is 5. The van der Waals surface area contributed by atoms with Gasteiger partial charge in [-0.15, -0.1) is 11.3 Å². The Balaban J connectivity index is 1.46. The van der Waals surface area contributed by atoms with E-state index < -0.39 is 0 Å². The van der Waals surface area contributed by atoms with E-state index in [4.69, 9.17) is 4.74 Å². The summed E-state index contributed by atoms with van der Waals surface area (Å²) in [6.07, 6.45) is 2.72. The Morgan fingerprint density at radius 3 is 3.05 bits per heavy atom. The van der Waals surface area contributed by atoms with Gasteiger partial charge in [0.05, 0.1) is 0 Å². The summed E-state index contributed by atoms with van der Waals surface area (Å²) < 4.78 is 5.50. The number of ether oxygens (including phenoxy) is 1. The number of amides is 1. The van der Waals surface area contributed by atoms with Gasteiger partial charge in [-0.2, -0.15) is 0 Å². The van der Waals surface area contributed by atoms with E-state index in [2.05, 4.69) is 10.3 Å². The molecule has 5 nitrogen and oxygen atoms in total. The third kappa shape index (κ3) is 3.72. The van der Waals surface area contributed by atoms with Gasteiger partial charge in [0, 0.05) is 30.7 Å². The summed E-state index contributed by atoms with van der Waals surface area (Å²) in [6, 6.07) is 9.68. The van der Waals surface area contributed by atoms with E-state index in [1.165, 1.54) is 0 Å². The van der Waals surface area contributed by atoms with Crippen molar-refractivity contribution >= 4 is 22.4 Å². The molecule has 1 unspecified atom stereocenters. The number of nitrogens with zero attached hydrogens (tertiary/aromatic N) is 2. The highest BCUT2D eigenvalue weighted by atomic mass is 32.1. The van der Waals surface area contributed by atoms with Crippen LogP contribution in [0.25, 0.3) is 0 Å². The molecule has 1 aromatic heterocycles. The van der Waals surface area contributed by atoms with E-state index >= 15 is 0 Å². The number of benzene rings is 1. The van der Waals surface area contributed by atoms with Crippen molar-refractivity contribution in [2.45, 2.75) is 12.5 Å². The van der Waals surface area contributed by atoms with Crippen LogP contribution in [-0.2, 0) is 4.79 Å². The van der Waals surface area contributed by atoms with Crippen LogP contribution in [-0.4, -0.2) is 41.5 Å². The number of anilines is 1. The monoisotopic (exact) mass is 303 g/mol. The molecule has 0 aliphatic carbocycles. The molecule has 1 saturated heterocycles. The second-order valence-electron chi connectivity index (χ2n) is 4.91. The number of aromatic nitrogens is 1. The van der Waals surface area contributed by atoms with Crippen LogP contribution in [0.5, 0.6) is 5.75 Å². The molecule has 1 aliphatic heterocycles. The van der Waals surface area contributed by atoms with Gasteiger partial charge in [-0.1, -0.05) is 18.2 Å². The molecule has 1 aliphatic rings. The first kappa shape index (κ1) is 13.9. The molecule has 1 fully saturated rings. The third-order valence-electron chi connectivity index (χ3n) is 3.41. The molecular weight excluding hydrogens is 286 g/mol. The maximum absolute atomic E-state index is 12.1. The first-order valence-corrected chi connectivity index (χ1v) is 7.81. The van der Waals surface area contributed by atoms with Gasteiger partial charge in [0.15, 0.2) is 11.7 Å². The summed E-state index contributed by atoms with van der Waals surface area (Å²) in [5, 5.41) is 6.20. The number of hydrogen-bond acceptors (Lipinski definition) is 5. The molecule has 6 heteroatoms. The summed E-state index contributed by atoms with van der Waals surface area (Å²) in [5.74, 6) is 0.754. The van der Waals surface area contributed by atoms with Crippen LogP contribution in [0.3, 0.4) is 0 Å². The van der Waals surface area contributed by atoms with Crippen molar-refractivity contribution in [1.29, 1.82) is 0 Å². The van der Waals surface area contributed by atoms with Gasteiger partial charge in [0.2, 0.25) is 0 Å². The first-order chi connectivity index (χ1) is 10.3. The maximum atomic E-state index is 12.1. The quantitative estimate of drug-likeness (QED) is 0.920. The summed E-state index contributed by atoms with van der Waals surface area (Å²) >= 11 is 1.58. The Morgan fingerprint density at radius 1 is 1.43 bits per heavy atom. The van der Waals surface area contributed by atoms with Crippen molar-refractivity contribution in [2.24, 2.45) is 0 Å². The fraction of sp³-hybridized carbons (Fsp3) is 0.333. The van der Waals surface area contributed by atoms with Gasteiger partial charge in [-0.05, 0) is 18.6 Å². The van der Waals surface area contributed by atoms with E-state index in [0.29, 0.717) is 6.54 Å². The van der Waals surface area contributed by atoms with Crippen molar-refractivity contribution in [2.75, 3.05) is 25.0 Å². The topological polar surface area (TPSA) is 54.5 Å². The van der Waals surface area contributed by atoms with E-state index in [1.54, 1.807) is 17.5 Å². The zero-order chi connectivity index (χ0) is 14.5. The van der Waals surface area contributed by atoms with Crippen LogP contribution >= 0.6 is 11.3 Å². The Morgan fingerprint density at radius 2 is 2.29 bits per heavy atom. The minimum atomic E-state index is 0.0299. The largest absolute Gasteiger partial charge is 0.484 e. The SMILES string of the molecule is O=C(COc1ccccc1)N1CCC(Nc2nccs2)C1. The lowest BCUT2D eigenvalue weighted by Crippen LogP contribution is -2.34. The average molecular weight is 303 g/mol. The fourth-order valence-corrected chi connectivity index (χ4v) is 2.93. The number of carbonyl (C=O) groups excluding carboxylic acids is 1. The number of para-hydroxylation sites is 1. The molecule has 2 aromatic rings. The van der Waals surface area contributed by atoms with Gasteiger partial charge in [0.1, 0.15) is 5.75 Å². The highest BCUT2D eigenvalue weighted by molar-refractivity contribution is 7.13. The Labute approximate surface area is 127 Å². The molecule has 0 saturated carbocycles. The standard InChI is InChI=1S/C15H17N3O2S/c19-14(11-20-13-4-2-1-3-5-13)18-8-6-12(10-18)17-15-16-7-9-21-15/h1-5,7,9,12H,6,8,10-11H2,(H,16,17). The van der Waals surface area contributed by atoms with Crippen molar-refractivity contribution in [3.8, 4) is 5.75 Å². The van der Waals surface area contributed by atoms with Crippen LogP contribution in [0.2, 0.25) is 0 Å². The van der Waals surface area contributed by atoms with Crippen LogP contribution in [0.4, 0.5) is 5.13 Å². The number of hydrogen-bond donors (Lipinski definition) is 1. The Bertz CT molecular complexity index is 574. The molecular formula is C15H17N3O2S. The van der Waals surface area contributed by atoms with Crippen LogP contribution in [0.1, 0.15) is 6.42 Å². The molecule has 1 amide bonds. The first-order valence-electron chi connectivity index (χ1n) is 6.93. The lowest BCUT2D eigenvalue weighted by atomic mass is 10.3. The summed E-state index contributed by atoms with van der Waals surface area (Å²) in [7, 11) is 0. The molecule has 110 valence electrons. The minimum absolute atomic E-state index is 0.0299. The minimum Gasteiger partial charge on any atom is -0.484 e. The smallest absolute Gasteiger partial charge is 0.260 e. The Hall–Kier alpha value is -2.08. The van der Waals surface area contributed by atoms with Gasteiger partial charge in [0.25, 0.3) is 5.91 Å². The number of nitrogens with one attached hydrogen (secondary N) is 1. The molecule has 0 radical (unpaired) electrons. The van der Waals surface area contributed by atoms with Crippen molar-refractivity contribution < 1.29 is 9.53 Å². The van der Waals surface area contributed by atoms with Crippen molar-refractivity contribution in [1.82, 2.24) is 9.88 Å². The van der Waals surface area contributed by atoms with Crippen LogP contribution < -0.4 is 10.1 Å². The zero-order valence-electron chi connectivity index (χ0n) is 11.6. The summed E-state index contributed by atoms with van der Waals surface area (Å²) in [6.45, 7) is 1.56. The highest BCUT2D eigenvalue weighted by Gasteiger charge is 2.26. The van der Waals surface area contributed by atoms with Crippen LogP contribution in [0.15, 0.2) is 41.9 Å². The summed E-state index contributed by atoms with van der Waals surface area (Å²) in [5.41, 5.74) is 0. The lowest BCUT2D eigenvalue weighted by Gasteiger charge is -2.17. The number of thiazole rings is 1. The molecule has 3 rings (SSSR count). The maximum Gasteiger partial charge on any atom is 0.260 e. The van der Waals surface area contributed by atoms with Gasteiger partial charge >= 0.3 is 0 Å². The van der Waals surface area contributed by atoms with E-state index in [1.807, 2.05) is 40.6 Å². The van der Waals surface area contributed by atoms with Crippen LogP contribution in [0, 0.1) is 0 Å². The third-order valence-corrected chi connectivity index (χ3v) is 4.11. The average Bonchev–Trinajstić information content (AvgIpc) is 3.18. The van der Waals surface area contributed by atoms with Gasteiger partial charge in [-0.3, -0.25) is 4.79 Å². The molecule has 2 heterocycles. The molecule has 0 spiro atoms. The Kier molecular flexibility index (Phi) is 4.35. The second-order valence-corrected chi connectivity index (χ2v) is 5.80. The number of carbonyl (C=O) groups is 1. The van der Waals surface area contributed by atoms with E-state index in [-0.39, 0.29) is 18.6 Å². The van der Waals surface area contributed by atoms with E-state index in [9.17, 15) is 4.79 Å².